The fourth-order valence-electron chi connectivity index (χ4n) is 1.57. The van der Waals surface area contributed by atoms with E-state index in [4.69, 9.17) is 9.47 Å². The number of hydrogen-bond donors (Lipinski definition) is 1. The summed E-state index contributed by atoms with van der Waals surface area (Å²) >= 11 is 0. The van der Waals surface area contributed by atoms with Gasteiger partial charge >= 0.3 is 0 Å². The van der Waals surface area contributed by atoms with Crippen LogP contribution in [0.2, 0.25) is 0 Å². The van der Waals surface area contributed by atoms with Crippen molar-refractivity contribution in [2.75, 3.05) is 33.5 Å². The lowest BCUT2D eigenvalue weighted by Crippen LogP contribution is -2.29. The van der Waals surface area contributed by atoms with Gasteiger partial charge in [-0.15, -0.1) is 0 Å². The van der Waals surface area contributed by atoms with Crippen molar-refractivity contribution in [3.63, 3.8) is 0 Å². The second-order valence-corrected chi connectivity index (χ2v) is 4.13. The van der Waals surface area contributed by atoms with E-state index in [1.54, 1.807) is 7.11 Å². The average Bonchev–Trinajstić information content (AvgIpc) is 2.35. The summed E-state index contributed by atoms with van der Waals surface area (Å²) in [6, 6.07) is 8.28. The van der Waals surface area contributed by atoms with Gasteiger partial charge < -0.3 is 14.8 Å². The topological polar surface area (TPSA) is 47.6 Å². The average molecular weight is 251 g/mol. The van der Waals surface area contributed by atoms with E-state index in [2.05, 4.69) is 30.4 Å². The molecule has 1 rings (SSSR count). The Morgan fingerprint density at radius 3 is 2.89 bits per heavy atom. The third-order valence-corrected chi connectivity index (χ3v) is 2.48. The van der Waals surface area contributed by atoms with Gasteiger partial charge in [0.15, 0.2) is 0 Å². The van der Waals surface area contributed by atoms with Crippen LogP contribution in [0.1, 0.15) is 11.1 Å². The molecule has 0 saturated carbocycles. The predicted octanol–water partition coefficient (Wildman–Crippen LogP) is 1.32. The zero-order chi connectivity index (χ0) is 13.2. The molecule has 0 aliphatic rings. The molecule has 0 heterocycles. The number of aryl methyl sites for hydroxylation is 1. The van der Waals surface area contributed by atoms with Crippen molar-refractivity contribution in [3.05, 3.63) is 35.4 Å². The summed E-state index contributed by atoms with van der Waals surface area (Å²) in [7, 11) is 1.60. The van der Waals surface area contributed by atoms with E-state index < -0.39 is 0 Å². The van der Waals surface area contributed by atoms with Gasteiger partial charge in [-0.25, -0.2) is 0 Å². The molecule has 100 valence electrons. The van der Waals surface area contributed by atoms with Crippen LogP contribution in [0.15, 0.2) is 24.3 Å². The maximum absolute atomic E-state index is 11.4. The molecule has 1 N–H and O–H groups in total. The lowest BCUT2D eigenvalue weighted by atomic mass is 10.1. The van der Waals surface area contributed by atoms with Crippen LogP contribution >= 0.6 is 0 Å². The molecule has 0 aromatic heterocycles. The van der Waals surface area contributed by atoms with Crippen LogP contribution in [0.4, 0.5) is 0 Å². The van der Waals surface area contributed by atoms with Crippen LogP contribution in [0.3, 0.4) is 0 Å². The summed E-state index contributed by atoms with van der Waals surface area (Å²) in [5, 5.41) is 2.82. The second kappa shape index (κ2) is 8.66. The second-order valence-electron chi connectivity index (χ2n) is 4.13. The zero-order valence-corrected chi connectivity index (χ0v) is 11.1. The normalized spacial score (nSPS) is 10.3. The molecular formula is C14H21NO3. The Hall–Kier alpha value is -1.39. The van der Waals surface area contributed by atoms with Gasteiger partial charge in [-0.1, -0.05) is 29.8 Å². The first-order chi connectivity index (χ1) is 8.72. The van der Waals surface area contributed by atoms with Crippen LogP contribution in [-0.2, 0) is 20.7 Å². The maximum atomic E-state index is 11.4. The highest BCUT2D eigenvalue weighted by Crippen LogP contribution is 2.03. The van der Waals surface area contributed by atoms with Gasteiger partial charge in [0, 0.05) is 13.7 Å². The van der Waals surface area contributed by atoms with Gasteiger partial charge in [0.1, 0.15) is 6.61 Å². The SMILES string of the molecule is COCCOCC(=O)NCCc1cccc(C)c1. The molecule has 0 fully saturated rings. The number of hydrogen-bond acceptors (Lipinski definition) is 3. The van der Waals surface area contributed by atoms with Gasteiger partial charge in [-0.3, -0.25) is 4.79 Å². The first kappa shape index (κ1) is 14.7. The number of nitrogens with one attached hydrogen (secondary N) is 1. The largest absolute Gasteiger partial charge is 0.382 e. The van der Waals surface area contributed by atoms with Crippen molar-refractivity contribution in [2.45, 2.75) is 13.3 Å². The van der Waals surface area contributed by atoms with Crippen LogP contribution in [0, 0.1) is 6.92 Å². The molecule has 1 aromatic rings. The number of carbonyl (C=O) groups is 1. The van der Waals surface area contributed by atoms with Gasteiger partial charge in [-0.05, 0) is 18.9 Å². The van der Waals surface area contributed by atoms with Crippen LogP contribution < -0.4 is 5.32 Å². The molecule has 0 aliphatic carbocycles. The Morgan fingerprint density at radius 1 is 1.33 bits per heavy atom. The van der Waals surface area contributed by atoms with Crippen molar-refractivity contribution < 1.29 is 14.3 Å². The predicted molar refractivity (Wildman–Crippen MR) is 70.6 cm³/mol. The van der Waals surface area contributed by atoms with Crippen molar-refractivity contribution in [2.24, 2.45) is 0 Å². The minimum atomic E-state index is -0.0845. The molecule has 0 aliphatic heterocycles. The first-order valence-corrected chi connectivity index (χ1v) is 6.11. The lowest BCUT2D eigenvalue weighted by molar-refractivity contribution is -0.126. The van der Waals surface area contributed by atoms with E-state index in [0.717, 1.165) is 6.42 Å². The molecule has 0 spiro atoms. The fraction of sp³-hybridized carbons (Fsp3) is 0.500. The van der Waals surface area contributed by atoms with E-state index >= 15 is 0 Å². The number of rotatable bonds is 8. The highest BCUT2D eigenvalue weighted by atomic mass is 16.5. The van der Waals surface area contributed by atoms with Crippen molar-refractivity contribution in [3.8, 4) is 0 Å². The Bertz CT molecular complexity index is 366. The number of benzene rings is 1. The van der Waals surface area contributed by atoms with Crippen molar-refractivity contribution in [1.82, 2.24) is 5.32 Å². The molecule has 1 aromatic carbocycles. The molecule has 0 radical (unpaired) electrons. The smallest absolute Gasteiger partial charge is 0.246 e. The third kappa shape index (κ3) is 6.37. The Labute approximate surface area is 108 Å². The number of methoxy groups -OCH3 is 1. The van der Waals surface area contributed by atoms with Crippen LogP contribution in [-0.4, -0.2) is 39.4 Å². The maximum Gasteiger partial charge on any atom is 0.246 e. The van der Waals surface area contributed by atoms with Crippen LogP contribution in [0.5, 0.6) is 0 Å². The van der Waals surface area contributed by atoms with E-state index in [-0.39, 0.29) is 12.5 Å². The van der Waals surface area contributed by atoms with E-state index in [1.165, 1.54) is 11.1 Å². The highest BCUT2D eigenvalue weighted by Gasteiger charge is 2.00. The Balaban J connectivity index is 2.12. The van der Waals surface area contributed by atoms with Crippen molar-refractivity contribution in [1.29, 1.82) is 0 Å². The minimum Gasteiger partial charge on any atom is -0.382 e. The van der Waals surface area contributed by atoms with Gasteiger partial charge in [0.05, 0.1) is 13.2 Å². The summed E-state index contributed by atoms with van der Waals surface area (Å²) < 4.78 is 9.94. The molecule has 1 amide bonds. The van der Waals surface area contributed by atoms with E-state index in [0.29, 0.717) is 19.8 Å². The summed E-state index contributed by atoms with van der Waals surface area (Å²) in [6.07, 6.45) is 0.839. The molecule has 0 atom stereocenters. The van der Waals surface area contributed by atoms with E-state index in [1.807, 2.05) is 6.07 Å². The Kier molecular flexibility index (Phi) is 7.06. The van der Waals surface area contributed by atoms with E-state index in [9.17, 15) is 4.79 Å². The highest BCUT2D eigenvalue weighted by molar-refractivity contribution is 5.77. The van der Waals surface area contributed by atoms with Gasteiger partial charge in [0.25, 0.3) is 0 Å². The molecule has 0 unspecified atom stereocenters. The number of amides is 1. The number of carbonyl (C=O) groups excluding carboxylic acids is 1. The standard InChI is InChI=1S/C14H21NO3/c1-12-4-3-5-13(10-12)6-7-15-14(16)11-18-9-8-17-2/h3-5,10H,6-9,11H2,1-2H3,(H,15,16). The van der Waals surface area contributed by atoms with Gasteiger partial charge in [-0.2, -0.15) is 0 Å². The molecule has 0 saturated heterocycles. The summed E-state index contributed by atoms with van der Waals surface area (Å²) in [6.45, 7) is 3.75. The third-order valence-electron chi connectivity index (χ3n) is 2.48. The Morgan fingerprint density at radius 2 is 2.17 bits per heavy atom. The monoisotopic (exact) mass is 251 g/mol. The minimum absolute atomic E-state index is 0.0845. The quantitative estimate of drug-likeness (QED) is 0.709. The molecule has 0 bridgehead atoms. The molecule has 4 nitrogen and oxygen atoms in total. The van der Waals surface area contributed by atoms with Crippen LogP contribution in [0.25, 0.3) is 0 Å². The number of ether oxygens (including phenoxy) is 2. The summed E-state index contributed by atoms with van der Waals surface area (Å²) in [4.78, 5) is 11.4. The van der Waals surface area contributed by atoms with Gasteiger partial charge in [0.2, 0.25) is 5.91 Å². The zero-order valence-electron chi connectivity index (χ0n) is 11.1. The molecule has 4 heteroatoms. The van der Waals surface area contributed by atoms with Crippen molar-refractivity contribution >= 4 is 5.91 Å². The lowest BCUT2D eigenvalue weighted by Gasteiger charge is -2.06. The summed E-state index contributed by atoms with van der Waals surface area (Å²) in [5.41, 5.74) is 2.47. The first-order valence-electron chi connectivity index (χ1n) is 6.11. The molecular weight excluding hydrogens is 230 g/mol. The summed E-state index contributed by atoms with van der Waals surface area (Å²) in [5.74, 6) is -0.0845. The fourth-order valence-corrected chi connectivity index (χ4v) is 1.57. The molecule has 18 heavy (non-hydrogen) atoms.